The second kappa shape index (κ2) is 14.5. The molecular formula is C30H36ClN3O5S. The molecule has 0 amide bonds. The van der Waals surface area contributed by atoms with Gasteiger partial charge >= 0.3 is 5.97 Å². The number of piperazine rings is 1. The van der Waals surface area contributed by atoms with Crippen molar-refractivity contribution >= 4 is 40.9 Å². The van der Waals surface area contributed by atoms with Crippen molar-refractivity contribution in [1.82, 2.24) is 4.90 Å². The summed E-state index contributed by atoms with van der Waals surface area (Å²) in [5.74, 6) is 0.296. The van der Waals surface area contributed by atoms with Crippen molar-refractivity contribution in [2.45, 2.75) is 22.7 Å². The Morgan fingerprint density at radius 1 is 1.00 bits per heavy atom. The van der Waals surface area contributed by atoms with Crippen LogP contribution in [0.15, 0.2) is 77.7 Å². The average molecular weight is 586 g/mol. The molecule has 1 saturated heterocycles. The van der Waals surface area contributed by atoms with Crippen LogP contribution in [0.2, 0.25) is 0 Å². The van der Waals surface area contributed by atoms with E-state index < -0.39 is 17.3 Å². The number of methoxy groups -OCH3 is 2. The van der Waals surface area contributed by atoms with Gasteiger partial charge in [-0.25, -0.2) is 4.79 Å². The smallest absolute Gasteiger partial charge is 0.334 e. The Bertz CT molecular complexity index is 1240. The summed E-state index contributed by atoms with van der Waals surface area (Å²) in [5, 5.41) is 19.3. The van der Waals surface area contributed by atoms with E-state index >= 15 is 0 Å². The first-order valence-corrected chi connectivity index (χ1v) is 14.5. The second-order valence-electron chi connectivity index (χ2n) is 9.53. The lowest BCUT2D eigenvalue weighted by atomic mass is 10.1. The Kier molecular flexibility index (Phi) is 10.8. The van der Waals surface area contributed by atoms with Gasteiger partial charge in [0.25, 0.3) is 0 Å². The van der Waals surface area contributed by atoms with E-state index in [1.807, 2.05) is 42.5 Å². The number of para-hydroxylation sites is 2. The first-order valence-electron chi connectivity index (χ1n) is 13.2. The van der Waals surface area contributed by atoms with Gasteiger partial charge in [-0.3, -0.25) is 9.32 Å². The molecule has 0 radical (unpaired) electrons. The van der Waals surface area contributed by atoms with E-state index in [2.05, 4.69) is 15.9 Å². The van der Waals surface area contributed by atoms with Crippen LogP contribution in [-0.2, 0) is 4.79 Å². The van der Waals surface area contributed by atoms with Crippen LogP contribution in [0.25, 0.3) is 0 Å². The summed E-state index contributed by atoms with van der Waals surface area (Å²) in [4.78, 5) is 17.3. The number of anilines is 2. The third-order valence-corrected chi connectivity index (χ3v) is 8.65. The van der Waals surface area contributed by atoms with Gasteiger partial charge in [0.2, 0.25) is 0 Å². The maximum Gasteiger partial charge on any atom is 0.334 e. The fraction of sp³-hybridized carbons (Fsp3) is 0.367. The van der Waals surface area contributed by atoms with E-state index in [4.69, 9.17) is 21.3 Å². The van der Waals surface area contributed by atoms with Crippen LogP contribution in [-0.4, -0.2) is 80.7 Å². The highest BCUT2D eigenvalue weighted by Crippen LogP contribution is 2.40. The zero-order chi connectivity index (χ0) is 28.5. The molecule has 1 fully saturated rings. The second-order valence-corrected chi connectivity index (χ2v) is 11.2. The van der Waals surface area contributed by atoms with E-state index in [9.17, 15) is 15.0 Å². The number of thioether (sulfide) groups is 1. The summed E-state index contributed by atoms with van der Waals surface area (Å²) in [6.45, 7) is 5.46. The lowest BCUT2D eigenvalue weighted by Gasteiger charge is -2.36. The summed E-state index contributed by atoms with van der Waals surface area (Å²) in [5.41, 5.74) is 2.66. The number of carboxylic acids is 1. The van der Waals surface area contributed by atoms with E-state index in [1.54, 1.807) is 42.9 Å². The summed E-state index contributed by atoms with van der Waals surface area (Å²) >= 11 is 7.95. The van der Waals surface area contributed by atoms with Crippen LogP contribution in [0, 0.1) is 0 Å². The predicted octanol–water partition coefficient (Wildman–Crippen LogP) is 5.16. The predicted molar refractivity (Wildman–Crippen MR) is 161 cm³/mol. The molecule has 3 aromatic rings. The highest BCUT2D eigenvalue weighted by atomic mass is 35.5. The van der Waals surface area contributed by atoms with Crippen LogP contribution in [0.4, 0.5) is 11.4 Å². The number of benzene rings is 3. The van der Waals surface area contributed by atoms with Gasteiger partial charge in [0, 0.05) is 55.9 Å². The topological polar surface area (TPSA) is 85.7 Å². The zero-order valence-corrected chi connectivity index (χ0v) is 24.4. The largest absolute Gasteiger partial charge is 0.497 e. The number of ether oxygens (including phenoxy) is 2. The molecule has 8 nitrogen and oxygen atoms in total. The van der Waals surface area contributed by atoms with Gasteiger partial charge in [0.05, 0.1) is 30.8 Å². The minimum absolute atomic E-state index is 0.662. The van der Waals surface area contributed by atoms with Crippen LogP contribution in [0.5, 0.6) is 11.5 Å². The number of halogens is 1. The normalized spacial score (nSPS) is 15.3. The van der Waals surface area contributed by atoms with Crippen molar-refractivity contribution in [3.8, 4) is 11.5 Å². The number of aliphatic hydroxyl groups is 1. The van der Waals surface area contributed by atoms with Gasteiger partial charge in [-0.15, -0.1) is 11.8 Å². The number of rotatable bonds is 13. The standard InChI is InChI=1S/C30H36ClN3O5S/c1-38-24-13-11-22(12-14-24)29(28(35)30(36)37)40-25-8-5-7-23(21-25)34(31)16-6-15-32-17-19-33(20-18-32)26-9-3-4-10-27(26)39-2/h3-5,7-14,21,28-29,35H,6,15-20H2,1-2H3,(H,36,37). The molecule has 2 N–H and O–H groups in total. The lowest BCUT2D eigenvalue weighted by molar-refractivity contribution is -0.146. The molecule has 214 valence electrons. The number of carbonyl (C=O) groups is 1. The number of nitrogens with zero attached hydrogens (tertiary/aromatic N) is 3. The van der Waals surface area contributed by atoms with E-state index in [0.29, 0.717) is 17.9 Å². The van der Waals surface area contributed by atoms with Crippen molar-refractivity contribution in [2.24, 2.45) is 0 Å². The molecule has 4 rings (SSSR count). The van der Waals surface area contributed by atoms with Crippen molar-refractivity contribution in [2.75, 3.05) is 62.8 Å². The lowest BCUT2D eigenvalue weighted by Crippen LogP contribution is -2.47. The first-order chi connectivity index (χ1) is 19.4. The summed E-state index contributed by atoms with van der Waals surface area (Å²) in [6.07, 6.45) is -0.667. The molecule has 1 heterocycles. The molecule has 2 atom stereocenters. The molecule has 10 heteroatoms. The first kappa shape index (κ1) is 29.9. The number of hydrogen-bond acceptors (Lipinski definition) is 8. The maximum atomic E-state index is 11.6. The molecule has 0 aromatic heterocycles. The van der Waals surface area contributed by atoms with Gasteiger partial charge in [-0.1, -0.05) is 30.3 Å². The number of carboxylic acid groups (broad SMARTS) is 1. The quantitative estimate of drug-likeness (QED) is 0.209. The molecule has 0 aliphatic carbocycles. The van der Waals surface area contributed by atoms with Gasteiger partial charge in [-0.05, 0) is 54.4 Å². The van der Waals surface area contributed by atoms with Crippen LogP contribution in [0.3, 0.4) is 0 Å². The molecule has 40 heavy (non-hydrogen) atoms. The molecule has 0 bridgehead atoms. The average Bonchev–Trinajstić information content (AvgIpc) is 3.00. The van der Waals surface area contributed by atoms with E-state index in [1.165, 1.54) is 11.8 Å². The van der Waals surface area contributed by atoms with Crippen LogP contribution in [0.1, 0.15) is 17.2 Å². The monoisotopic (exact) mass is 585 g/mol. The molecule has 3 aromatic carbocycles. The Hall–Kier alpha value is -3.11. The van der Waals surface area contributed by atoms with Crippen molar-refractivity contribution < 1.29 is 24.5 Å². The number of hydrogen-bond donors (Lipinski definition) is 2. The van der Waals surface area contributed by atoms with Crippen LogP contribution >= 0.6 is 23.5 Å². The van der Waals surface area contributed by atoms with Crippen molar-refractivity contribution in [1.29, 1.82) is 0 Å². The summed E-state index contributed by atoms with van der Waals surface area (Å²) in [6, 6.07) is 22.8. The Labute approximate surface area is 245 Å². The maximum absolute atomic E-state index is 11.6. The Morgan fingerprint density at radius 3 is 2.40 bits per heavy atom. The molecule has 0 saturated carbocycles. The Morgan fingerprint density at radius 2 is 1.73 bits per heavy atom. The SMILES string of the molecule is COc1ccc(C(Sc2cccc(N(Cl)CCCN3CCN(c4ccccc4OC)CC3)c2)C(O)C(=O)O)cc1. The van der Waals surface area contributed by atoms with Crippen molar-refractivity contribution in [3.63, 3.8) is 0 Å². The molecule has 1 aliphatic heterocycles. The highest BCUT2D eigenvalue weighted by Gasteiger charge is 2.29. The third-order valence-electron chi connectivity index (χ3n) is 6.97. The minimum Gasteiger partial charge on any atom is -0.497 e. The van der Waals surface area contributed by atoms with E-state index in [0.717, 1.165) is 61.2 Å². The number of aliphatic hydroxyl groups excluding tert-OH is 1. The van der Waals surface area contributed by atoms with Gasteiger partial charge in [0.1, 0.15) is 11.5 Å². The summed E-state index contributed by atoms with van der Waals surface area (Å²) in [7, 11) is 3.28. The highest BCUT2D eigenvalue weighted by molar-refractivity contribution is 7.99. The zero-order valence-electron chi connectivity index (χ0n) is 22.8. The molecule has 1 aliphatic rings. The van der Waals surface area contributed by atoms with Gasteiger partial charge < -0.3 is 24.6 Å². The molecule has 0 spiro atoms. The number of aliphatic carboxylic acids is 1. The van der Waals surface area contributed by atoms with Gasteiger partial charge in [0.15, 0.2) is 6.10 Å². The van der Waals surface area contributed by atoms with E-state index in [-0.39, 0.29) is 0 Å². The molecular weight excluding hydrogens is 550 g/mol. The Balaban J connectivity index is 1.30. The fourth-order valence-electron chi connectivity index (χ4n) is 4.76. The summed E-state index contributed by atoms with van der Waals surface area (Å²) < 4.78 is 12.4. The minimum atomic E-state index is -1.57. The van der Waals surface area contributed by atoms with Gasteiger partial charge in [-0.2, -0.15) is 0 Å². The van der Waals surface area contributed by atoms with Crippen molar-refractivity contribution in [3.05, 3.63) is 78.4 Å². The third kappa shape index (κ3) is 7.75. The molecule has 2 unspecified atom stereocenters. The fourth-order valence-corrected chi connectivity index (χ4v) is 6.16. The van der Waals surface area contributed by atoms with Crippen LogP contribution < -0.4 is 18.8 Å².